The lowest BCUT2D eigenvalue weighted by Crippen LogP contribution is -1.98. The second kappa shape index (κ2) is 7.27. The molecule has 0 aliphatic carbocycles. The number of carbonyl (C=O) groups excluding carboxylic acids is 1. The molecule has 0 aliphatic rings. The third-order valence-corrected chi connectivity index (χ3v) is 2.09. The van der Waals surface area contributed by atoms with Crippen LogP contribution in [0.2, 0.25) is 0 Å². The Morgan fingerprint density at radius 2 is 2.17 bits per heavy atom. The first kappa shape index (κ1) is 14.0. The summed E-state index contributed by atoms with van der Waals surface area (Å²) in [7, 11) is 1.41. The zero-order valence-corrected chi connectivity index (χ0v) is 10.4. The molecule has 0 saturated heterocycles. The van der Waals surface area contributed by atoms with E-state index in [4.69, 9.17) is 9.47 Å². The van der Waals surface area contributed by atoms with Crippen LogP contribution in [0.3, 0.4) is 0 Å². The van der Waals surface area contributed by atoms with Gasteiger partial charge in [-0.15, -0.1) is 0 Å². The van der Waals surface area contributed by atoms with Crippen molar-refractivity contribution in [3.63, 3.8) is 0 Å². The Hall–Kier alpha value is -2.10. The quantitative estimate of drug-likeness (QED) is 0.458. The number of allylic oxidation sites excluding steroid dienone is 2. The molecule has 0 aliphatic heterocycles. The molecule has 0 radical (unpaired) electrons. The van der Waals surface area contributed by atoms with Crippen LogP contribution in [0.25, 0.3) is 6.08 Å². The molecule has 0 N–H and O–H groups in total. The fraction of sp³-hybridized carbons (Fsp3) is 0.214. The van der Waals surface area contributed by atoms with Gasteiger partial charge in [-0.05, 0) is 24.6 Å². The van der Waals surface area contributed by atoms with Crippen molar-refractivity contribution in [2.24, 2.45) is 0 Å². The zero-order valence-electron chi connectivity index (χ0n) is 10.4. The molecule has 0 fully saturated rings. The summed E-state index contributed by atoms with van der Waals surface area (Å²) in [5.41, 5.74) is 0.682. The summed E-state index contributed by atoms with van der Waals surface area (Å²) >= 11 is 0. The topological polar surface area (TPSA) is 35.5 Å². The summed E-state index contributed by atoms with van der Waals surface area (Å²) in [6.07, 6.45) is 6.16. The lowest BCUT2D eigenvalue weighted by molar-refractivity contribution is -0.137. The van der Waals surface area contributed by atoms with Crippen LogP contribution in [-0.4, -0.2) is 19.7 Å². The van der Waals surface area contributed by atoms with Crippen LogP contribution in [0.1, 0.15) is 12.5 Å². The molecule has 0 unspecified atom stereocenters. The van der Waals surface area contributed by atoms with E-state index in [1.165, 1.54) is 19.3 Å². The largest absolute Gasteiger partial charge is 0.494 e. The van der Waals surface area contributed by atoms with E-state index >= 15 is 0 Å². The third kappa shape index (κ3) is 4.41. The number of ether oxygens (including phenoxy) is 2. The highest BCUT2D eigenvalue weighted by Crippen LogP contribution is 2.18. The molecular weight excluding hydrogens is 235 g/mol. The predicted octanol–water partition coefficient (Wildman–Crippen LogP) is 2.97. The van der Waals surface area contributed by atoms with E-state index in [0.29, 0.717) is 12.2 Å². The van der Waals surface area contributed by atoms with Gasteiger partial charge >= 0.3 is 5.97 Å². The Labute approximate surface area is 106 Å². The van der Waals surface area contributed by atoms with E-state index in [-0.39, 0.29) is 5.75 Å². The van der Waals surface area contributed by atoms with Gasteiger partial charge in [0.1, 0.15) is 0 Å². The van der Waals surface area contributed by atoms with Gasteiger partial charge in [0.15, 0.2) is 11.6 Å². The van der Waals surface area contributed by atoms with Gasteiger partial charge in [0.05, 0.1) is 13.7 Å². The van der Waals surface area contributed by atoms with Crippen LogP contribution in [-0.2, 0) is 9.53 Å². The number of carbonyl (C=O) groups is 1. The minimum atomic E-state index is -0.422. The summed E-state index contributed by atoms with van der Waals surface area (Å²) in [6.45, 7) is 2.08. The van der Waals surface area contributed by atoms with Crippen LogP contribution in [0.5, 0.6) is 5.75 Å². The van der Waals surface area contributed by atoms with E-state index in [1.54, 1.807) is 37.3 Å². The van der Waals surface area contributed by atoms with E-state index in [1.807, 2.05) is 0 Å². The van der Waals surface area contributed by atoms with Crippen LogP contribution < -0.4 is 4.74 Å². The van der Waals surface area contributed by atoms with Crippen molar-refractivity contribution in [1.82, 2.24) is 0 Å². The van der Waals surface area contributed by atoms with Crippen molar-refractivity contribution in [1.29, 1.82) is 0 Å². The molecule has 1 aromatic rings. The lowest BCUT2D eigenvalue weighted by atomic mass is 10.2. The highest BCUT2D eigenvalue weighted by Gasteiger charge is 2.00. The second-order valence-corrected chi connectivity index (χ2v) is 3.36. The second-order valence-electron chi connectivity index (χ2n) is 3.36. The van der Waals surface area contributed by atoms with E-state index in [0.717, 1.165) is 0 Å². The number of rotatable bonds is 5. The maximum Gasteiger partial charge on any atom is 0.330 e. The first-order valence-electron chi connectivity index (χ1n) is 5.52. The number of benzene rings is 1. The summed E-state index contributed by atoms with van der Waals surface area (Å²) in [6, 6.07) is 4.62. The zero-order chi connectivity index (χ0) is 13.4. The van der Waals surface area contributed by atoms with Gasteiger partial charge < -0.3 is 9.47 Å². The summed E-state index contributed by atoms with van der Waals surface area (Å²) in [5.74, 6) is -0.619. The fourth-order valence-electron chi connectivity index (χ4n) is 1.28. The Kier molecular flexibility index (Phi) is 5.64. The number of hydrogen-bond donors (Lipinski definition) is 0. The minimum Gasteiger partial charge on any atom is -0.494 e. The Bertz CT molecular complexity index is 464. The molecule has 0 bridgehead atoms. The molecule has 4 heteroatoms. The van der Waals surface area contributed by atoms with Gasteiger partial charge in [0.25, 0.3) is 0 Å². The summed E-state index contributed by atoms with van der Waals surface area (Å²) in [5, 5.41) is 0. The summed E-state index contributed by atoms with van der Waals surface area (Å²) in [4.78, 5) is 11.0. The van der Waals surface area contributed by atoms with Gasteiger partial charge in [-0.25, -0.2) is 9.18 Å². The summed E-state index contributed by atoms with van der Waals surface area (Å²) < 4.78 is 22.9. The first-order chi connectivity index (χ1) is 8.67. The highest BCUT2D eigenvalue weighted by molar-refractivity contribution is 5.82. The van der Waals surface area contributed by atoms with E-state index < -0.39 is 11.8 Å². The maximum absolute atomic E-state index is 13.3. The van der Waals surface area contributed by atoms with Crippen LogP contribution in [0.4, 0.5) is 4.39 Å². The average Bonchev–Trinajstić information content (AvgIpc) is 2.35. The number of esters is 1. The Morgan fingerprint density at radius 3 is 2.78 bits per heavy atom. The Balaban J connectivity index is 2.62. The monoisotopic (exact) mass is 250 g/mol. The van der Waals surface area contributed by atoms with Gasteiger partial charge in [0.2, 0.25) is 0 Å². The molecule has 18 heavy (non-hydrogen) atoms. The van der Waals surface area contributed by atoms with Gasteiger partial charge in [-0.3, -0.25) is 0 Å². The predicted molar refractivity (Wildman–Crippen MR) is 67.8 cm³/mol. The number of halogens is 1. The molecule has 0 spiro atoms. The maximum atomic E-state index is 13.3. The highest BCUT2D eigenvalue weighted by atomic mass is 19.1. The molecule has 0 atom stereocenters. The first-order valence-corrected chi connectivity index (χ1v) is 5.52. The van der Waals surface area contributed by atoms with Crippen molar-refractivity contribution in [3.05, 3.63) is 47.8 Å². The molecule has 0 saturated carbocycles. The lowest BCUT2D eigenvalue weighted by Gasteiger charge is -2.01. The molecule has 0 amide bonds. The van der Waals surface area contributed by atoms with E-state index in [2.05, 4.69) is 0 Å². The Morgan fingerprint density at radius 1 is 1.39 bits per heavy atom. The van der Waals surface area contributed by atoms with Crippen LogP contribution in [0, 0.1) is 5.82 Å². The normalized spacial score (nSPS) is 11.1. The van der Waals surface area contributed by atoms with Gasteiger partial charge in [-0.2, -0.15) is 0 Å². The molecule has 3 nitrogen and oxygen atoms in total. The third-order valence-electron chi connectivity index (χ3n) is 2.09. The van der Waals surface area contributed by atoms with Crippen LogP contribution >= 0.6 is 0 Å². The van der Waals surface area contributed by atoms with Crippen molar-refractivity contribution in [2.75, 3.05) is 13.7 Å². The molecule has 0 aromatic heterocycles. The molecular formula is C14H15FO3. The fourth-order valence-corrected chi connectivity index (χ4v) is 1.28. The smallest absolute Gasteiger partial charge is 0.330 e. The molecule has 1 aromatic carbocycles. The van der Waals surface area contributed by atoms with Gasteiger partial charge in [-0.1, -0.05) is 24.3 Å². The standard InChI is InChI=1S/C14H15FO3/c1-3-18-14(16)7-5-4-6-11-8-9-13(17-2)12(15)10-11/h4-10H,3H2,1-2H3. The molecule has 0 heterocycles. The number of methoxy groups -OCH3 is 1. The number of hydrogen-bond acceptors (Lipinski definition) is 3. The van der Waals surface area contributed by atoms with Crippen molar-refractivity contribution >= 4 is 12.0 Å². The van der Waals surface area contributed by atoms with Gasteiger partial charge in [0, 0.05) is 6.08 Å². The van der Waals surface area contributed by atoms with Crippen molar-refractivity contribution in [3.8, 4) is 5.75 Å². The van der Waals surface area contributed by atoms with Crippen molar-refractivity contribution in [2.45, 2.75) is 6.92 Å². The average molecular weight is 250 g/mol. The molecule has 1 rings (SSSR count). The minimum absolute atomic E-state index is 0.203. The van der Waals surface area contributed by atoms with Crippen LogP contribution in [0.15, 0.2) is 36.4 Å². The SMILES string of the molecule is CCOC(=O)C=CC=Cc1ccc(OC)c(F)c1. The van der Waals surface area contributed by atoms with E-state index in [9.17, 15) is 9.18 Å². The van der Waals surface area contributed by atoms with Crippen molar-refractivity contribution < 1.29 is 18.7 Å². The molecule has 96 valence electrons.